The first-order valence-electron chi connectivity index (χ1n) is 7.87. The lowest BCUT2D eigenvalue weighted by atomic mass is 9.98. The molecule has 5 heteroatoms. The molecule has 0 fully saturated rings. The average Bonchev–Trinajstić information content (AvgIpc) is 2.92. The molecule has 124 valence electrons. The Kier molecular flexibility index (Phi) is 4.25. The largest absolute Gasteiger partial charge is 0.481 e. The number of fused-ring (bicyclic) bond motifs is 1. The van der Waals surface area contributed by atoms with Crippen LogP contribution in [0.25, 0.3) is 0 Å². The summed E-state index contributed by atoms with van der Waals surface area (Å²) in [5.74, 6) is -1.11. The van der Waals surface area contributed by atoms with E-state index in [1.165, 1.54) is 0 Å². The lowest BCUT2D eigenvalue weighted by Gasteiger charge is -2.19. The van der Waals surface area contributed by atoms with Gasteiger partial charge >= 0.3 is 5.97 Å². The topological polar surface area (TPSA) is 60.9 Å². The van der Waals surface area contributed by atoms with Crippen LogP contribution >= 0.6 is 0 Å². The highest BCUT2D eigenvalue weighted by atomic mass is 16.4. The minimum atomic E-state index is -0.848. The van der Waals surface area contributed by atoms with Gasteiger partial charge in [0.1, 0.15) is 0 Å². The smallest absolute Gasteiger partial charge is 0.304 e. The summed E-state index contributed by atoms with van der Waals surface area (Å²) in [6.45, 7) is 0.399. The maximum absolute atomic E-state index is 13.0. The van der Waals surface area contributed by atoms with E-state index >= 15 is 0 Å². The first kappa shape index (κ1) is 16.1. The number of carboxylic acid groups (broad SMARTS) is 1. The van der Waals surface area contributed by atoms with Gasteiger partial charge < -0.3 is 14.9 Å². The molecule has 5 nitrogen and oxygen atoms in total. The highest BCUT2D eigenvalue weighted by Crippen LogP contribution is 2.38. The Morgan fingerprint density at radius 3 is 2.62 bits per heavy atom. The molecule has 0 saturated heterocycles. The molecule has 0 spiro atoms. The molecule has 1 heterocycles. The fraction of sp³-hybridized carbons (Fsp3) is 0.263. The summed E-state index contributed by atoms with van der Waals surface area (Å²) in [5, 5.41) is 9.13. The molecule has 0 saturated carbocycles. The summed E-state index contributed by atoms with van der Waals surface area (Å²) >= 11 is 0. The molecule has 1 unspecified atom stereocenters. The molecule has 1 amide bonds. The third-order valence-corrected chi connectivity index (χ3v) is 4.35. The standard InChI is InChI=1S/C19H20N2O3/c1-20(2)15-7-5-6-13(10-15)19(24)21-12-14(11-18(22)23)16-8-3-4-9-17(16)21/h3-10,14H,11-12H2,1-2H3,(H,22,23). The molecule has 2 aromatic rings. The van der Waals surface area contributed by atoms with E-state index in [1.807, 2.05) is 61.5 Å². The lowest BCUT2D eigenvalue weighted by Crippen LogP contribution is -2.30. The molecule has 3 rings (SSSR count). The number of carbonyl (C=O) groups excluding carboxylic acids is 1. The van der Waals surface area contributed by atoms with Crippen molar-refractivity contribution in [2.45, 2.75) is 12.3 Å². The van der Waals surface area contributed by atoms with E-state index in [4.69, 9.17) is 5.11 Å². The number of anilines is 2. The van der Waals surface area contributed by atoms with Gasteiger partial charge in [0.15, 0.2) is 0 Å². The van der Waals surface area contributed by atoms with Crippen LogP contribution in [-0.2, 0) is 4.79 Å². The number of hydrogen-bond acceptors (Lipinski definition) is 3. The first-order chi connectivity index (χ1) is 11.5. The summed E-state index contributed by atoms with van der Waals surface area (Å²) in [7, 11) is 3.86. The molecule has 1 aliphatic heterocycles. The zero-order valence-electron chi connectivity index (χ0n) is 13.8. The summed E-state index contributed by atoms with van der Waals surface area (Å²) in [6.07, 6.45) is 0.0263. The molecule has 0 radical (unpaired) electrons. The average molecular weight is 324 g/mol. The molecular formula is C19H20N2O3. The van der Waals surface area contributed by atoms with Gasteiger partial charge in [0.2, 0.25) is 0 Å². The first-order valence-corrected chi connectivity index (χ1v) is 7.87. The normalized spacial score (nSPS) is 15.9. The predicted octanol–water partition coefficient (Wildman–Crippen LogP) is 2.97. The highest BCUT2D eigenvalue weighted by molar-refractivity contribution is 6.08. The second-order valence-electron chi connectivity index (χ2n) is 6.21. The number of amides is 1. The van der Waals surface area contributed by atoms with Gasteiger partial charge in [0.25, 0.3) is 5.91 Å². The van der Waals surface area contributed by atoms with E-state index in [9.17, 15) is 9.59 Å². The molecule has 1 aliphatic rings. The Balaban J connectivity index is 1.93. The van der Waals surface area contributed by atoms with E-state index < -0.39 is 5.97 Å². The third kappa shape index (κ3) is 2.97. The van der Waals surface area contributed by atoms with Crippen LogP contribution in [0.5, 0.6) is 0 Å². The summed E-state index contributed by atoms with van der Waals surface area (Å²) < 4.78 is 0. The van der Waals surface area contributed by atoms with Crippen LogP contribution in [0, 0.1) is 0 Å². The molecule has 1 atom stereocenters. The number of nitrogens with zero attached hydrogens (tertiary/aromatic N) is 2. The van der Waals surface area contributed by atoms with Gasteiger partial charge in [-0.1, -0.05) is 24.3 Å². The number of aliphatic carboxylic acids is 1. The summed E-state index contributed by atoms with van der Waals surface area (Å²) in [6, 6.07) is 15.0. The fourth-order valence-electron chi connectivity index (χ4n) is 3.15. The number of hydrogen-bond donors (Lipinski definition) is 1. The summed E-state index contributed by atoms with van der Waals surface area (Å²) in [5.41, 5.74) is 3.29. The third-order valence-electron chi connectivity index (χ3n) is 4.35. The number of rotatable bonds is 4. The van der Waals surface area contributed by atoms with E-state index in [-0.39, 0.29) is 18.2 Å². The fourth-order valence-corrected chi connectivity index (χ4v) is 3.15. The zero-order chi connectivity index (χ0) is 17.3. The van der Waals surface area contributed by atoms with Crippen LogP contribution in [0.3, 0.4) is 0 Å². The van der Waals surface area contributed by atoms with Crippen molar-refractivity contribution in [2.24, 2.45) is 0 Å². The van der Waals surface area contributed by atoms with Gasteiger partial charge in [-0.2, -0.15) is 0 Å². The maximum Gasteiger partial charge on any atom is 0.304 e. The highest BCUT2D eigenvalue weighted by Gasteiger charge is 2.33. The van der Waals surface area contributed by atoms with Crippen molar-refractivity contribution in [3.05, 3.63) is 59.7 Å². The Bertz CT molecular complexity index is 786. The van der Waals surface area contributed by atoms with Crippen LogP contribution in [0.1, 0.15) is 28.3 Å². The van der Waals surface area contributed by atoms with Gasteiger partial charge in [-0.3, -0.25) is 9.59 Å². The molecular weight excluding hydrogens is 304 g/mol. The predicted molar refractivity (Wildman–Crippen MR) is 93.9 cm³/mol. The molecule has 0 bridgehead atoms. The minimum absolute atomic E-state index is 0.0263. The Morgan fingerprint density at radius 2 is 1.92 bits per heavy atom. The summed E-state index contributed by atoms with van der Waals surface area (Å²) in [4.78, 5) is 27.7. The molecule has 0 aromatic heterocycles. The van der Waals surface area contributed by atoms with Gasteiger partial charge in [0.05, 0.1) is 6.42 Å². The van der Waals surface area contributed by atoms with E-state index in [1.54, 1.807) is 11.0 Å². The van der Waals surface area contributed by atoms with Crippen LogP contribution in [0.4, 0.5) is 11.4 Å². The van der Waals surface area contributed by atoms with Crippen LogP contribution in [-0.4, -0.2) is 37.6 Å². The van der Waals surface area contributed by atoms with Gasteiger partial charge in [-0.25, -0.2) is 0 Å². The number of para-hydroxylation sites is 1. The van der Waals surface area contributed by atoms with Crippen molar-refractivity contribution in [2.75, 3.05) is 30.4 Å². The van der Waals surface area contributed by atoms with Crippen molar-refractivity contribution in [1.82, 2.24) is 0 Å². The van der Waals surface area contributed by atoms with Crippen molar-refractivity contribution in [3.8, 4) is 0 Å². The van der Waals surface area contributed by atoms with Gasteiger partial charge in [-0.15, -0.1) is 0 Å². The Labute approximate surface area is 141 Å². The molecule has 0 aliphatic carbocycles. The number of benzene rings is 2. The number of carbonyl (C=O) groups is 2. The second-order valence-corrected chi connectivity index (χ2v) is 6.21. The molecule has 24 heavy (non-hydrogen) atoms. The quantitative estimate of drug-likeness (QED) is 0.939. The van der Waals surface area contributed by atoms with E-state index in [0.29, 0.717) is 12.1 Å². The van der Waals surface area contributed by atoms with E-state index in [0.717, 1.165) is 16.9 Å². The van der Waals surface area contributed by atoms with Crippen LogP contribution in [0.15, 0.2) is 48.5 Å². The van der Waals surface area contributed by atoms with Gasteiger partial charge in [-0.05, 0) is 29.8 Å². The van der Waals surface area contributed by atoms with Crippen molar-refractivity contribution in [1.29, 1.82) is 0 Å². The Hall–Kier alpha value is -2.82. The van der Waals surface area contributed by atoms with E-state index in [2.05, 4.69) is 0 Å². The zero-order valence-corrected chi connectivity index (χ0v) is 13.8. The van der Waals surface area contributed by atoms with Gasteiger partial charge in [0, 0.05) is 43.5 Å². The van der Waals surface area contributed by atoms with Crippen LogP contribution < -0.4 is 9.80 Å². The molecule has 2 aromatic carbocycles. The lowest BCUT2D eigenvalue weighted by molar-refractivity contribution is -0.137. The second kappa shape index (κ2) is 6.35. The van der Waals surface area contributed by atoms with Crippen molar-refractivity contribution in [3.63, 3.8) is 0 Å². The van der Waals surface area contributed by atoms with Crippen LogP contribution in [0.2, 0.25) is 0 Å². The SMILES string of the molecule is CN(C)c1cccc(C(=O)N2CC(CC(=O)O)c3ccccc32)c1. The van der Waals surface area contributed by atoms with Crippen molar-refractivity contribution >= 4 is 23.3 Å². The maximum atomic E-state index is 13.0. The Morgan fingerprint density at radius 1 is 1.17 bits per heavy atom. The van der Waals surface area contributed by atoms with Crippen molar-refractivity contribution < 1.29 is 14.7 Å². The monoisotopic (exact) mass is 324 g/mol. The molecule has 1 N–H and O–H groups in total. The minimum Gasteiger partial charge on any atom is -0.481 e. The number of carboxylic acids is 1.